The first-order chi connectivity index (χ1) is 18.2. The van der Waals surface area contributed by atoms with E-state index < -0.39 is 11.1 Å². The number of hydrogen-bond acceptors (Lipinski definition) is 4. The Kier molecular flexibility index (Phi) is 5.36. The van der Waals surface area contributed by atoms with E-state index in [1.807, 2.05) is 78.6 Å². The molecule has 5 aromatic heterocycles. The van der Waals surface area contributed by atoms with Crippen molar-refractivity contribution in [1.29, 1.82) is 0 Å². The van der Waals surface area contributed by atoms with E-state index in [9.17, 15) is 9.90 Å². The van der Waals surface area contributed by atoms with Crippen LogP contribution in [-0.4, -0.2) is 29.2 Å². The van der Waals surface area contributed by atoms with Crippen molar-refractivity contribution in [1.82, 2.24) is 24.1 Å². The van der Waals surface area contributed by atoms with E-state index in [0.29, 0.717) is 5.52 Å². The first kappa shape index (κ1) is 23.9. The summed E-state index contributed by atoms with van der Waals surface area (Å²) in [4.78, 5) is 24.9. The predicted molar refractivity (Wildman–Crippen MR) is 150 cm³/mol. The fourth-order valence-electron chi connectivity index (χ4n) is 5.57. The summed E-state index contributed by atoms with van der Waals surface area (Å²) in [6, 6.07) is 19.9. The molecule has 0 saturated carbocycles. The Balaban J connectivity index is 1.71. The van der Waals surface area contributed by atoms with Crippen LogP contribution in [0.2, 0.25) is 0 Å². The molecule has 190 valence electrons. The molecule has 6 rings (SSSR count). The van der Waals surface area contributed by atoms with Crippen LogP contribution in [0.1, 0.15) is 37.7 Å². The molecule has 0 atom stereocenters. The molecule has 0 saturated heterocycles. The van der Waals surface area contributed by atoms with Gasteiger partial charge in [-0.2, -0.15) is 0 Å². The standard InChI is InChI=1S/C31H29N5O2/c1-30(2,38)24-17-20(23-19-35(4)28-21(23)11-15-34-29(28)37)18-25-22(24)12-16-36(25)31(3,26-9-5-7-13-32-26)27-10-6-8-14-33-27/h5-19,38H,1-4H3,(H,34,37). The Hall–Kier alpha value is -4.49. The van der Waals surface area contributed by atoms with Crippen molar-refractivity contribution >= 4 is 21.8 Å². The highest BCUT2D eigenvalue weighted by atomic mass is 16.3. The molecule has 0 aliphatic heterocycles. The number of pyridine rings is 3. The summed E-state index contributed by atoms with van der Waals surface area (Å²) >= 11 is 0. The maximum absolute atomic E-state index is 12.6. The number of aromatic nitrogens is 5. The van der Waals surface area contributed by atoms with Crippen LogP contribution in [0.4, 0.5) is 0 Å². The van der Waals surface area contributed by atoms with Gasteiger partial charge in [-0.15, -0.1) is 0 Å². The molecule has 7 heteroatoms. The van der Waals surface area contributed by atoms with E-state index in [0.717, 1.165) is 44.4 Å². The number of aryl methyl sites for hydroxylation is 1. The molecule has 6 aromatic rings. The number of nitrogens with zero attached hydrogens (tertiary/aromatic N) is 4. The Bertz CT molecular complexity index is 1800. The number of fused-ring (bicyclic) bond motifs is 2. The summed E-state index contributed by atoms with van der Waals surface area (Å²) in [6.07, 6.45) is 9.28. The van der Waals surface area contributed by atoms with Crippen LogP contribution >= 0.6 is 0 Å². The Morgan fingerprint density at radius 1 is 0.895 bits per heavy atom. The highest BCUT2D eigenvalue weighted by Crippen LogP contribution is 2.41. The van der Waals surface area contributed by atoms with Crippen LogP contribution in [0.25, 0.3) is 32.9 Å². The van der Waals surface area contributed by atoms with Gasteiger partial charge in [-0.05, 0) is 80.4 Å². The maximum Gasteiger partial charge on any atom is 0.272 e. The molecule has 0 radical (unpaired) electrons. The Labute approximate surface area is 220 Å². The second-order valence-electron chi connectivity index (χ2n) is 10.4. The largest absolute Gasteiger partial charge is 0.386 e. The number of aromatic amines is 1. The molecule has 7 nitrogen and oxygen atoms in total. The predicted octanol–water partition coefficient (Wildman–Crippen LogP) is 5.32. The van der Waals surface area contributed by atoms with E-state index in [1.165, 1.54) is 0 Å². The van der Waals surface area contributed by atoms with Crippen molar-refractivity contribution in [3.05, 3.63) is 119 Å². The van der Waals surface area contributed by atoms with Crippen molar-refractivity contribution in [2.24, 2.45) is 7.05 Å². The summed E-state index contributed by atoms with van der Waals surface area (Å²) in [7, 11) is 1.87. The van der Waals surface area contributed by atoms with E-state index in [-0.39, 0.29) is 5.56 Å². The number of benzene rings is 1. The molecule has 0 amide bonds. The quantitative estimate of drug-likeness (QED) is 0.333. The SMILES string of the molecule is Cn1cc(-c2cc(C(C)(C)O)c3ccn(C(C)(c4ccccn4)c4ccccn4)c3c2)c2cc[nH]c(=O)c21. The third-order valence-electron chi connectivity index (χ3n) is 7.49. The van der Waals surface area contributed by atoms with Crippen LogP contribution in [-0.2, 0) is 18.2 Å². The van der Waals surface area contributed by atoms with E-state index in [2.05, 4.69) is 22.5 Å². The van der Waals surface area contributed by atoms with Crippen LogP contribution in [0.5, 0.6) is 0 Å². The van der Waals surface area contributed by atoms with Gasteiger partial charge < -0.3 is 19.2 Å². The molecule has 0 fully saturated rings. The van der Waals surface area contributed by atoms with Crippen LogP contribution in [0.3, 0.4) is 0 Å². The van der Waals surface area contributed by atoms with Crippen LogP contribution in [0, 0.1) is 0 Å². The number of rotatable bonds is 5. The van der Waals surface area contributed by atoms with Gasteiger partial charge in [0.05, 0.1) is 22.5 Å². The van der Waals surface area contributed by atoms with Gasteiger partial charge in [0.25, 0.3) is 5.56 Å². The van der Waals surface area contributed by atoms with Crippen molar-refractivity contribution < 1.29 is 5.11 Å². The molecule has 5 heterocycles. The minimum atomic E-state index is -1.10. The molecule has 38 heavy (non-hydrogen) atoms. The lowest BCUT2D eigenvalue weighted by Crippen LogP contribution is -2.34. The minimum absolute atomic E-state index is 0.138. The lowest BCUT2D eigenvalue weighted by molar-refractivity contribution is 0.0802. The van der Waals surface area contributed by atoms with Gasteiger partial charge in [0.15, 0.2) is 0 Å². The highest BCUT2D eigenvalue weighted by Gasteiger charge is 2.35. The van der Waals surface area contributed by atoms with Gasteiger partial charge in [-0.1, -0.05) is 12.1 Å². The second-order valence-corrected chi connectivity index (χ2v) is 10.4. The average Bonchev–Trinajstić information content (AvgIpc) is 3.50. The summed E-state index contributed by atoms with van der Waals surface area (Å²) in [5, 5.41) is 13.1. The zero-order valence-corrected chi connectivity index (χ0v) is 21.8. The Morgan fingerprint density at radius 3 is 2.18 bits per heavy atom. The Morgan fingerprint density at radius 2 is 1.58 bits per heavy atom. The lowest BCUT2D eigenvalue weighted by Gasteiger charge is -2.32. The molecule has 0 aliphatic rings. The minimum Gasteiger partial charge on any atom is -0.386 e. The van der Waals surface area contributed by atoms with E-state index in [1.54, 1.807) is 32.4 Å². The monoisotopic (exact) mass is 503 g/mol. The summed E-state index contributed by atoms with van der Waals surface area (Å²) in [5.41, 5.74) is 3.91. The van der Waals surface area contributed by atoms with Gasteiger partial charge in [0, 0.05) is 54.4 Å². The van der Waals surface area contributed by atoms with E-state index >= 15 is 0 Å². The van der Waals surface area contributed by atoms with Gasteiger partial charge >= 0.3 is 0 Å². The number of H-pyrrole nitrogens is 1. The highest BCUT2D eigenvalue weighted by molar-refractivity contribution is 5.99. The van der Waals surface area contributed by atoms with Gasteiger partial charge in [0.2, 0.25) is 0 Å². The number of hydrogen-bond donors (Lipinski definition) is 2. The van der Waals surface area contributed by atoms with Crippen molar-refractivity contribution in [3.63, 3.8) is 0 Å². The molecule has 0 unspecified atom stereocenters. The fourth-order valence-corrected chi connectivity index (χ4v) is 5.57. The lowest BCUT2D eigenvalue weighted by atomic mass is 9.89. The van der Waals surface area contributed by atoms with Crippen LogP contribution < -0.4 is 5.56 Å². The molecular weight excluding hydrogens is 474 g/mol. The van der Waals surface area contributed by atoms with Crippen molar-refractivity contribution in [2.45, 2.75) is 31.9 Å². The summed E-state index contributed by atoms with van der Waals surface area (Å²) in [5.74, 6) is 0. The molecule has 0 aliphatic carbocycles. The molecule has 0 bridgehead atoms. The molecule has 1 aromatic carbocycles. The van der Waals surface area contributed by atoms with Crippen molar-refractivity contribution in [3.8, 4) is 11.1 Å². The first-order valence-electron chi connectivity index (χ1n) is 12.6. The molecule has 2 N–H and O–H groups in total. The number of nitrogens with one attached hydrogen (secondary N) is 1. The first-order valence-corrected chi connectivity index (χ1v) is 12.6. The van der Waals surface area contributed by atoms with Crippen molar-refractivity contribution in [2.75, 3.05) is 0 Å². The smallest absolute Gasteiger partial charge is 0.272 e. The second kappa shape index (κ2) is 8.53. The fraction of sp³-hybridized carbons (Fsp3) is 0.194. The third-order valence-corrected chi connectivity index (χ3v) is 7.49. The topological polar surface area (TPSA) is 88.7 Å². The van der Waals surface area contributed by atoms with Gasteiger partial charge in [-0.25, -0.2) is 0 Å². The maximum atomic E-state index is 12.6. The van der Waals surface area contributed by atoms with Gasteiger partial charge in [-0.3, -0.25) is 14.8 Å². The third kappa shape index (κ3) is 3.58. The normalized spacial score (nSPS) is 12.4. The zero-order valence-electron chi connectivity index (χ0n) is 21.8. The summed E-state index contributed by atoms with van der Waals surface area (Å²) < 4.78 is 4.03. The zero-order chi connectivity index (χ0) is 26.7. The number of aliphatic hydroxyl groups is 1. The van der Waals surface area contributed by atoms with Gasteiger partial charge in [0.1, 0.15) is 11.1 Å². The average molecular weight is 504 g/mol. The molecule has 0 spiro atoms. The van der Waals surface area contributed by atoms with E-state index in [4.69, 9.17) is 9.97 Å². The summed E-state index contributed by atoms with van der Waals surface area (Å²) in [6.45, 7) is 5.71. The molecular formula is C31H29N5O2. The van der Waals surface area contributed by atoms with Crippen LogP contribution in [0.15, 0.2) is 96.4 Å².